The summed E-state index contributed by atoms with van der Waals surface area (Å²) in [5, 5.41) is 13.9. The highest BCUT2D eigenvalue weighted by molar-refractivity contribution is 5.92. The second kappa shape index (κ2) is 9.32. The van der Waals surface area contributed by atoms with Gasteiger partial charge in [0.05, 0.1) is 11.7 Å². The van der Waals surface area contributed by atoms with E-state index in [1.807, 2.05) is 19.9 Å². The molecule has 7 nitrogen and oxygen atoms in total. The Hall–Kier alpha value is -2.52. The zero-order valence-electron chi connectivity index (χ0n) is 17.5. The number of nitrogens with zero attached hydrogens (tertiary/aromatic N) is 4. The van der Waals surface area contributed by atoms with E-state index in [4.69, 9.17) is 0 Å². The van der Waals surface area contributed by atoms with E-state index in [1.54, 1.807) is 18.7 Å². The molecular formula is C19H29F3N6O. The number of nitrogens with one attached hydrogen (secondary N) is 2. The molecule has 2 aromatic rings. The van der Waals surface area contributed by atoms with Gasteiger partial charge in [-0.05, 0) is 19.8 Å². The molecule has 29 heavy (non-hydrogen) atoms. The number of carbonyl (C=O) groups excluding carboxylic acids is 1. The van der Waals surface area contributed by atoms with Crippen molar-refractivity contribution in [3.8, 4) is 0 Å². The summed E-state index contributed by atoms with van der Waals surface area (Å²) in [6.07, 6.45) is 0.0358. The number of rotatable bonds is 5. The summed E-state index contributed by atoms with van der Waals surface area (Å²) in [5.74, 6) is 0.111. The summed E-state index contributed by atoms with van der Waals surface area (Å²) in [6, 6.07) is 2.58. The topological polar surface area (TPSA) is 76.8 Å². The van der Waals surface area contributed by atoms with Gasteiger partial charge in [-0.15, -0.1) is 0 Å². The number of alkyl halides is 3. The molecule has 1 unspecified atom stereocenters. The van der Waals surface area contributed by atoms with Gasteiger partial charge in [0, 0.05) is 32.3 Å². The first-order valence-corrected chi connectivity index (χ1v) is 9.87. The summed E-state index contributed by atoms with van der Waals surface area (Å²) in [6.45, 7) is 5.76. The van der Waals surface area contributed by atoms with Crippen molar-refractivity contribution in [1.82, 2.24) is 24.9 Å². The summed E-state index contributed by atoms with van der Waals surface area (Å²) < 4.78 is 40.9. The van der Waals surface area contributed by atoms with Crippen molar-refractivity contribution in [3.63, 3.8) is 0 Å². The van der Waals surface area contributed by atoms with Gasteiger partial charge in [0.25, 0.3) is 5.91 Å². The van der Waals surface area contributed by atoms with E-state index < -0.39 is 23.8 Å². The fourth-order valence-electron chi connectivity index (χ4n) is 3.40. The molecular weight excluding hydrogens is 385 g/mol. The Morgan fingerprint density at radius 3 is 2.31 bits per heavy atom. The van der Waals surface area contributed by atoms with Crippen LogP contribution in [0.15, 0.2) is 12.1 Å². The van der Waals surface area contributed by atoms with Gasteiger partial charge in [-0.3, -0.25) is 14.2 Å². The number of hydrogen-bond donors (Lipinski definition) is 2. The molecule has 2 N–H and O–H groups in total. The van der Waals surface area contributed by atoms with Crippen LogP contribution in [0.25, 0.3) is 0 Å². The molecule has 1 saturated carbocycles. The normalized spacial score (nSPS) is 15.6. The van der Waals surface area contributed by atoms with E-state index >= 15 is 0 Å². The number of aromatic nitrogens is 4. The van der Waals surface area contributed by atoms with Crippen molar-refractivity contribution in [3.05, 3.63) is 29.2 Å². The van der Waals surface area contributed by atoms with Crippen molar-refractivity contribution < 1.29 is 18.0 Å². The van der Waals surface area contributed by atoms with Crippen LogP contribution >= 0.6 is 0 Å². The van der Waals surface area contributed by atoms with Crippen LogP contribution in [-0.4, -0.2) is 31.5 Å². The van der Waals surface area contributed by atoms with Gasteiger partial charge in [0.2, 0.25) is 0 Å². The summed E-state index contributed by atoms with van der Waals surface area (Å²) in [5.41, 5.74) is -0.492. The number of hydrogen-bond acceptors (Lipinski definition) is 4. The molecule has 0 saturated heterocycles. The van der Waals surface area contributed by atoms with Crippen molar-refractivity contribution in [2.45, 2.75) is 64.7 Å². The Labute approximate surface area is 168 Å². The van der Waals surface area contributed by atoms with Gasteiger partial charge in [0.15, 0.2) is 5.69 Å². The average Bonchev–Trinajstić information content (AvgIpc) is 3.37. The number of carbonyl (C=O) groups is 1. The minimum Gasteiger partial charge on any atom is -0.366 e. The third-order valence-corrected chi connectivity index (χ3v) is 4.82. The van der Waals surface area contributed by atoms with Crippen molar-refractivity contribution in [2.24, 2.45) is 14.1 Å². The maximum Gasteiger partial charge on any atom is 0.435 e. The zero-order chi connectivity index (χ0) is 21.8. The molecule has 0 radical (unpaired) electrons. The molecule has 1 aliphatic carbocycles. The van der Waals surface area contributed by atoms with Gasteiger partial charge in [0.1, 0.15) is 11.5 Å². The molecule has 162 valence electrons. The monoisotopic (exact) mass is 414 g/mol. The number of anilines is 1. The standard InChI is InChI=1S/C17H23F3N6O.C2H6/c1-10(12-9-15(24-25(12)2)22-11-6-4-5-7-11)21-16(27)13-8-14(17(18,19)20)23-26(13)3;1-2/h8-11H,4-7H2,1-3H3,(H,21,27)(H,22,24);1-2H3. The Balaban J connectivity index is 0.00000145. The van der Waals surface area contributed by atoms with E-state index in [0.717, 1.165) is 35.1 Å². The number of halogens is 3. The Kier molecular flexibility index (Phi) is 7.32. The Morgan fingerprint density at radius 2 is 1.76 bits per heavy atom. The third-order valence-electron chi connectivity index (χ3n) is 4.82. The van der Waals surface area contributed by atoms with Crippen LogP contribution in [0.4, 0.5) is 19.0 Å². The van der Waals surface area contributed by atoms with E-state index in [1.165, 1.54) is 19.9 Å². The lowest BCUT2D eigenvalue weighted by atomic mass is 10.2. The number of aryl methyl sites for hydroxylation is 2. The van der Waals surface area contributed by atoms with Crippen LogP contribution in [0.2, 0.25) is 0 Å². The lowest BCUT2D eigenvalue weighted by molar-refractivity contribution is -0.141. The van der Waals surface area contributed by atoms with Gasteiger partial charge >= 0.3 is 6.18 Å². The lowest BCUT2D eigenvalue weighted by Gasteiger charge is -2.14. The fourth-order valence-corrected chi connectivity index (χ4v) is 3.40. The molecule has 1 atom stereocenters. The number of amides is 1. The highest BCUT2D eigenvalue weighted by Gasteiger charge is 2.35. The molecule has 3 rings (SSSR count). The first-order valence-electron chi connectivity index (χ1n) is 9.87. The molecule has 10 heteroatoms. The van der Waals surface area contributed by atoms with Crippen molar-refractivity contribution in [1.29, 1.82) is 0 Å². The third kappa shape index (κ3) is 5.51. The Morgan fingerprint density at radius 1 is 1.14 bits per heavy atom. The SMILES string of the molecule is CC.CC(NC(=O)c1cc(C(F)(F)F)nn1C)c1cc(NC2CCCC2)nn1C. The predicted molar refractivity (Wildman–Crippen MR) is 105 cm³/mol. The van der Waals surface area contributed by atoms with Crippen LogP contribution in [0.3, 0.4) is 0 Å². The first kappa shape index (κ1) is 22.8. The zero-order valence-corrected chi connectivity index (χ0v) is 17.5. The fraction of sp³-hybridized carbons (Fsp3) is 0.632. The second-order valence-corrected chi connectivity index (χ2v) is 6.94. The van der Waals surface area contributed by atoms with Crippen LogP contribution in [0.5, 0.6) is 0 Å². The first-order chi connectivity index (χ1) is 13.6. The van der Waals surface area contributed by atoms with Crippen LogP contribution in [0.1, 0.15) is 74.4 Å². The van der Waals surface area contributed by atoms with Crippen LogP contribution in [-0.2, 0) is 20.3 Å². The van der Waals surface area contributed by atoms with E-state index in [2.05, 4.69) is 20.8 Å². The van der Waals surface area contributed by atoms with E-state index in [-0.39, 0.29) is 5.69 Å². The molecule has 0 bridgehead atoms. The second-order valence-electron chi connectivity index (χ2n) is 6.94. The molecule has 0 aromatic carbocycles. The van der Waals surface area contributed by atoms with Gasteiger partial charge in [-0.1, -0.05) is 26.7 Å². The van der Waals surface area contributed by atoms with E-state index in [9.17, 15) is 18.0 Å². The highest BCUT2D eigenvalue weighted by atomic mass is 19.4. The summed E-state index contributed by atoms with van der Waals surface area (Å²) in [7, 11) is 3.08. The maximum absolute atomic E-state index is 12.8. The van der Waals surface area contributed by atoms with Gasteiger partial charge in [-0.2, -0.15) is 23.4 Å². The maximum atomic E-state index is 12.8. The molecule has 1 fully saturated rings. The smallest absolute Gasteiger partial charge is 0.366 e. The Bertz CT molecular complexity index is 821. The predicted octanol–water partition coefficient (Wildman–Crippen LogP) is 4.04. The molecule has 0 aliphatic heterocycles. The van der Waals surface area contributed by atoms with Gasteiger partial charge in [-0.25, -0.2) is 0 Å². The summed E-state index contributed by atoms with van der Waals surface area (Å²) >= 11 is 0. The quantitative estimate of drug-likeness (QED) is 0.774. The minimum absolute atomic E-state index is 0.152. The van der Waals surface area contributed by atoms with Gasteiger partial charge < -0.3 is 10.6 Å². The van der Waals surface area contributed by atoms with E-state index in [0.29, 0.717) is 6.04 Å². The highest BCUT2D eigenvalue weighted by Crippen LogP contribution is 2.28. The molecule has 2 heterocycles. The molecule has 1 amide bonds. The molecule has 2 aromatic heterocycles. The average molecular weight is 414 g/mol. The minimum atomic E-state index is -4.59. The largest absolute Gasteiger partial charge is 0.435 e. The van der Waals surface area contributed by atoms with Crippen molar-refractivity contribution in [2.75, 3.05) is 5.32 Å². The van der Waals surface area contributed by atoms with Crippen molar-refractivity contribution >= 4 is 11.7 Å². The molecule has 0 spiro atoms. The lowest BCUT2D eigenvalue weighted by Crippen LogP contribution is -2.29. The van der Waals surface area contributed by atoms with Crippen LogP contribution in [0, 0.1) is 0 Å². The molecule has 1 aliphatic rings. The summed E-state index contributed by atoms with van der Waals surface area (Å²) in [4.78, 5) is 12.4. The van der Waals surface area contributed by atoms with Crippen LogP contribution < -0.4 is 10.6 Å².